The van der Waals surface area contributed by atoms with E-state index in [1.807, 2.05) is 26.0 Å². The smallest absolute Gasteiger partial charge is 0.408 e. The van der Waals surface area contributed by atoms with Crippen LogP contribution in [0.15, 0.2) is 24.5 Å². The molecule has 1 aromatic heterocycles. The molecule has 1 heterocycles. The Morgan fingerprint density at radius 1 is 1.14 bits per heavy atom. The maximum atomic E-state index is 13.2. The normalized spacial score (nSPS) is 12.9. The monoisotopic (exact) mass is 503 g/mol. The van der Waals surface area contributed by atoms with E-state index in [1.54, 1.807) is 44.8 Å². The number of carboxylic acid groups (broad SMARTS) is 1. The number of nitrogen functional groups attached to an aromatic ring is 1. The van der Waals surface area contributed by atoms with Crippen LogP contribution in [0.2, 0.25) is 0 Å². The molecule has 11 nitrogen and oxygen atoms in total. The Morgan fingerprint density at radius 3 is 2.28 bits per heavy atom. The molecule has 0 saturated carbocycles. The predicted octanol–water partition coefficient (Wildman–Crippen LogP) is 2.58. The minimum atomic E-state index is -1.20. The molecule has 198 valence electrons. The topological polar surface area (TPSA) is 158 Å². The fourth-order valence-electron chi connectivity index (χ4n) is 3.78. The summed E-state index contributed by atoms with van der Waals surface area (Å²) in [5.41, 5.74) is 7.54. The molecule has 2 atom stereocenters. The van der Waals surface area contributed by atoms with E-state index >= 15 is 0 Å². The van der Waals surface area contributed by atoms with E-state index < -0.39 is 35.7 Å². The number of aryl methyl sites for hydroxylation is 3. The molecule has 0 aliphatic rings. The van der Waals surface area contributed by atoms with Crippen molar-refractivity contribution < 1.29 is 29.0 Å². The predicted molar refractivity (Wildman–Crippen MR) is 135 cm³/mol. The molecular formula is C25H37N5O6. The average Bonchev–Trinajstić information content (AvgIpc) is 3.17. The summed E-state index contributed by atoms with van der Waals surface area (Å²) in [6.45, 7) is 9.33. The second kappa shape index (κ2) is 12.3. The van der Waals surface area contributed by atoms with Gasteiger partial charge in [-0.25, -0.2) is 14.6 Å². The molecule has 2 rings (SSSR count). The largest absolute Gasteiger partial charge is 0.497 e. The first-order valence-corrected chi connectivity index (χ1v) is 11.7. The SMILES string of the molecule is COc1cc(C)c(C[C@H](NC(=O)[C@@H](CCCn2ccnc2N)NC(=O)OC(C)(C)C)C(=O)O)c(C)c1. The molecule has 0 aliphatic heterocycles. The number of rotatable bonds is 11. The van der Waals surface area contributed by atoms with Crippen molar-refractivity contribution in [1.29, 1.82) is 0 Å². The Balaban J connectivity index is 2.17. The number of nitrogens with one attached hydrogen (secondary N) is 2. The Kier molecular flexibility index (Phi) is 9.71. The maximum absolute atomic E-state index is 13.2. The molecule has 0 radical (unpaired) electrons. The van der Waals surface area contributed by atoms with Gasteiger partial charge < -0.3 is 35.5 Å². The lowest BCUT2D eigenvalue weighted by atomic mass is 9.95. The average molecular weight is 504 g/mol. The molecular weight excluding hydrogens is 466 g/mol. The van der Waals surface area contributed by atoms with Crippen molar-refractivity contribution in [2.45, 2.75) is 78.1 Å². The third-order valence-electron chi connectivity index (χ3n) is 5.58. The lowest BCUT2D eigenvalue weighted by molar-refractivity contribution is -0.142. The summed E-state index contributed by atoms with van der Waals surface area (Å²) in [5, 5.41) is 15.0. The van der Waals surface area contributed by atoms with Crippen LogP contribution in [0.25, 0.3) is 0 Å². The second-order valence-electron chi connectivity index (χ2n) is 9.66. The fourth-order valence-corrected chi connectivity index (χ4v) is 3.78. The first-order chi connectivity index (χ1) is 16.8. The highest BCUT2D eigenvalue weighted by atomic mass is 16.6. The van der Waals surface area contributed by atoms with Gasteiger partial charge in [-0.05, 0) is 76.3 Å². The van der Waals surface area contributed by atoms with E-state index in [1.165, 1.54) is 0 Å². The van der Waals surface area contributed by atoms with Crippen LogP contribution in [0, 0.1) is 13.8 Å². The quantitative estimate of drug-likeness (QED) is 0.364. The van der Waals surface area contributed by atoms with E-state index in [-0.39, 0.29) is 12.8 Å². The first kappa shape index (κ1) is 28.5. The highest BCUT2D eigenvalue weighted by molar-refractivity contribution is 5.89. The standard InChI is InChI=1S/C25H37N5O6/c1-15-12-17(35-6)13-16(2)18(15)14-20(22(32)33)28-21(31)19(29-24(34)36-25(3,4)5)8-7-10-30-11-9-27-23(30)26/h9,11-13,19-20H,7-8,10,14H2,1-6H3,(H2,26,27)(H,28,31)(H,29,34)(H,32,33)/t19-,20+/m1/s1. The molecule has 0 fully saturated rings. The van der Waals surface area contributed by atoms with Gasteiger partial charge >= 0.3 is 12.1 Å². The number of ether oxygens (including phenoxy) is 2. The number of imidazole rings is 1. The number of nitrogens with two attached hydrogens (primary N) is 1. The third-order valence-corrected chi connectivity index (χ3v) is 5.58. The second-order valence-corrected chi connectivity index (χ2v) is 9.66. The number of aliphatic carboxylic acids is 1. The molecule has 36 heavy (non-hydrogen) atoms. The van der Waals surface area contributed by atoms with Gasteiger partial charge in [0.1, 0.15) is 23.4 Å². The van der Waals surface area contributed by atoms with Crippen molar-refractivity contribution in [2.24, 2.45) is 0 Å². The van der Waals surface area contributed by atoms with Gasteiger partial charge in [-0.2, -0.15) is 0 Å². The number of carbonyl (C=O) groups excluding carboxylic acids is 2. The summed E-state index contributed by atoms with van der Waals surface area (Å²) >= 11 is 0. The van der Waals surface area contributed by atoms with Crippen LogP contribution in [-0.2, 0) is 27.3 Å². The molecule has 0 spiro atoms. The van der Waals surface area contributed by atoms with E-state index in [4.69, 9.17) is 15.2 Å². The van der Waals surface area contributed by atoms with Crippen LogP contribution in [0.3, 0.4) is 0 Å². The summed E-state index contributed by atoms with van der Waals surface area (Å²) < 4.78 is 12.3. The molecule has 0 unspecified atom stereocenters. The zero-order chi connectivity index (χ0) is 27.0. The number of methoxy groups -OCH3 is 1. The van der Waals surface area contributed by atoms with Crippen LogP contribution < -0.4 is 21.1 Å². The van der Waals surface area contributed by atoms with Gasteiger partial charge in [0.2, 0.25) is 5.91 Å². The number of nitrogens with zero attached hydrogens (tertiary/aromatic N) is 2. The zero-order valence-corrected chi connectivity index (χ0v) is 21.8. The highest BCUT2D eigenvalue weighted by Crippen LogP contribution is 2.23. The van der Waals surface area contributed by atoms with Gasteiger partial charge in [0.05, 0.1) is 7.11 Å². The Morgan fingerprint density at radius 2 is 1.78 bits per heavy atom. The number of hydrogen-bond donors (Lipinski definition) is 4. The third kappa shape index (κ3) is 8.47. The van der Waals surface area contributed by atoms with E-state index in [0.717, 1.165) is 16.7 Å². The molecule has 5 N–H and O–H groups in total. The van der Waals surface area contributed by atoms with E-state index in [2.05, 4.69) is 15.6 Å². The molecule has 0 saturated heterocycles. The fraction of sp³-hybridized carbons (Fsp3) is 0.520. The van der Waals surface area contributed by atoms with Crippen molar-refractivity contribution in [1.82, 2.24) is 20.2 Å². The summed E-state index contributed by atoms with van der Waals surface area (Å²) in [6, 6.07) is 1.43. The molecule has 0 aliphatic carbocycles. The number of carbonyl (C=O) groups is 3. The van der Waals surface area contributed by atoms with Crippen LogP contribution in [0.5, 0.6) is 5.75 Å². The van der Waals surface area contributed by atoms with E-state index in [0.29, 0.717) is 24.7 Å². The minimum Gasteiger partial charge on any atom is -0.497 e. The maximum Gasteiger partial charge on any atom is 0.408 e. The lowest BCUT2D eigenvalue weighted by Crippen LogP contribution is -2.53. The number of anilines is 1. The summed E-state index contributed by atoms with van der Waals surface area (Å²) in [4.78, 5) is 41.6. The van der Waals surface area contributed by atoms with Crippen molar-refractivity contribution in [2.75, 3.05) is 12.8 Å². The number of benzene rings is 1. The van der Waals surface area contributed by atoms with Crippen molar-refractivity contribution in [3.63, 3.8) is 0 Å². The summed E-state index contributed by atoms with van der Waals surface area (Å²) in [5.74, 6) is -0.784. The van der Waals surface area contributed by atoms with Gasteiger partial charge in [0.25, 0.3) is 0 Å². The lowest BCUT2D eigenvalue weighted by Gasteiger charge is -2.25. The number of hydrogen-bond acceptors (Lipinski definition) is 7. The highest BCUT2D eigenvalue weighted by Gasteiger charge is 2.29. The van der Waals surface area contributed by atoms with Crippen LogP contribution >= 0.6 is 0 Å². The summed E-state index contributed by atoms with van der Waals surface area (Å²) in [7, 11) is 1.56. The van der Waals surface area contributed by atoms with Gasteiger partial charge in [0.15, 0.2) is 5.95 Å². The number of carboxylic acids is 1. The van der Waals surface area contributed by atoms with Crippen molar-refractivity contribution in [3.8, 4) is 5.75 Å². The first-order valence-electron chi connectivity index (χ1n) is 11.7. The molecule has 1 aromatic carbocycles. The molecule has 11 heteroatoms. The zero-order valence-electron chi connectivity index (χ0n) is 21.8. The number of aromatic nitrogens is 2. The van der Waals surface area contributed by atoms with Crippen LogP contribution in [0.4, 0.5) is 10.7 Å². The van der Waals surface area contributed by atoms with E-state index in [9.17, 15) is 19.5 Å². The van der Waals surface area contributed by atoms with Crippen LogP contribution in [-0.4, -0.2) is 57.4 Å². The number of amides is 2. The molecule has 2 amide bonds. The van der Waals surface area contributed by atoms with Crippen molar-refractivity contribution in [3.05, 3.63) is 41.2 Å². The van der Waals surface area contributed by atoms with Gasteiger partial charge in [-0.1, -0.05) is 0 Å². The van der Waals surface area contributed by atoms with Gasteiger partial charge in [-0.3, -0.25) is 4.79 Å². The molecule has 0 bridgehead atoms. The van der Waals surface area contributed by atoms with Crippen molar-refractivity contribution >= 4 is 23.9 Å². The number of alkyl carbamates (subject to hydrolysis) is 1. The van der Waals surface area contributed by atoms with Gasteiger partial charge in [0, 0.05) is 25.4 Å². The van der Waals surface area contributed by atoms with Gasteiger partial charge in [-0.15, -0.1) is 0 Å². The Labute approximate surface area is 211 Å². The Hall–Kier alpha value is -3.76. The minimum absolute atomic E-state index is 0.0768. The van der Waals surface area contributed by atoms with Crippen LogP contribution in [0.1, 0.15) is 50.3 Å². The summed E-state index contributed by atoms with van der Waals surface area (Å²) in [6.07, 6.45) is 3.30. The Bertz CT molecular complexity index is 1050. The molecule has 2 aromatic rings.